The van der Waals surface area contributed by atoms with E-state index in [0.29, 0.717) is 0 Å². The summed E-state index contributed by atoms with van der Waals surface area (Å²) >= 11 is 0. The quantitative estimate of drug-likeness (QED) is 0.644. The van der Waals surface area contributed by atoms with E-state index in [-0.39, 0.29) is 11.9 Å². The van der Waals surface area contributed by atoms with Crippen molar-refractivity contribution in [3.63, 3.8) is 0 Å². The maximum Gasteiger partial charge on any atom is 0.251 e. The molecule has 3 nitrogen and oxygen atoms in total. The van der Waals surface area contributed by atoms with Crippen LogP contribution in [0.5, 0.6) is 0 Å². The smallest absolute Gasteiger partial charge is 0.251 e. The van der Waals surface area contributed by atoms with E-state index in [0.717, 1.165) is 50.5 Å². The molecule has 1 N–H and O–H groups in total. The Morgan fingerprint density at radius 2 is 1.85 bits per heavy atom. The molecule has 0 fully saturated rings. The summed E-state index contributed by atoms with van der Waals surface area (Å²) in [6, 6.07) is 10.4. The largest absolute Gasteiger partial charge is 0.350 e. The molecule has 140 valence electrons. The van der Waals surface area contributed by atoms with Crippen LogP contribution in [0.1, 0.15) is 73.5 Å². The zero-order valence-electron chi connectivity index (χ0n) is 16.4. The second-order valence-electron chi connectivity index (χ2n) is 7.11. The molecule has 1 atom stereocenters. The number of benzene rings is 1. The van der Waals surface area contributed by atoms with Crippen LogP contribution < -0.4 is 5.32 Å². The fraction of sp³-hybridized carbons (Fsp3) is 0.478. The van der Waals surface area contributed by atoms with Crippen molar-refractivity contribution in [1.29, 1.82) is 0 Å². The van der Waals surface area contributed by atoms with Gasteiger partial charge in [0.05, 0.1) is 0 Å². The summed E-state index contributed by atoms with van der Waals surface area (Å²) in [6.07, 6.45) is 11.1. The van der Waals surface area contributed by atoms with Gasteiger partial charge in [0.2, 0.25) is 0 Å². The van der Waals surface area contributed by atoms with Gasteiger partial charge in [-0.3, -0.25) is 9.78 Å². The van der Waals surface area contributed by atoms with E-state index in [4.69, 9.17) is 0 Å². The van der Waals surface area contributed by atoms with Gasteiger partial charge in [-0.25, -0.2) is 0 Å². The Labute approximate surface area is 158 Å². The molecule has 1 aromatic carbocycles. The summed E-state index contributed by atoms with van der Waals surface area (Å²) in [4.78, 5) is 16.7. The van der Waals surface area contributed by atoms with E-state index in [1.165, 1.54) is 16.7 Å². The van der Waals surface area contributed by atoms with Crippen LogP contribution in [0.3, 0.4) is 0 Å². The first-order chi connectivity index (χ1) is 12.6. The highest BCUT2D eigenvalue weighted by Gasteiger charge is 2.12. The van der Waals surface area contributed by atoms with Crippen LogP contribution in [-0.2, 0) is 19.3 Å². The number of hydrogen-bond donors (Lipinski definition) is 1. The zero-order valence-corrected chi connectivity index (χ0v) is 16.4. The monoisotopic (exact) mass is 352 g/mol. The molecule has 0 saturated heterocycles. The highest BCUT2D eigenvalue weighted by atomic mass is 16.1. The highest BCUT2D eigenvalue weighted by molar-refractivity contribution is 5.94. The lowest BCUT2D eigenvalue weighted by Gasteiger charge is -2.15. The molecule has 1 heterocycles. The summed E-state index contributed by atoms with van der Waals surface area (Å²) in [5, 5.41) is 3.15. The van der Waals surface area contributed by atoms with Gasteiger partial charge in [-0.1, -0.05) is 38.8 Å². The summed E-state index contributed by atoms with van der Waals surface area (Å²) in [7, 11) is 0. The van der Waals surface area contributed by atoms with E-state index < -0.39 is 0 Å². The molecule has 2 aromatic rings. The number of rotatable bonds is 10. The van der Waals surface area contributed by atoms with Crippen LogP contribution in [0.15, 0.2) is 42.7 Å². The van der Waals surface area contributed by atoms with Crippen molar-refractivity contribution in [3.8, 4) is 0 Å². The minimum atomic E-state index is 0.0410. The molecular formula is C23H32N2O. The van der Waals surface area contributed by atoms with Gasteiger partial charge in [0, 0.05) is 24.0 Å². The summed E-state index contributed by atoms with van der Waals surface area (Å²) < 4.78 is 0. The Morgan fingerprint density at radius 1 is 1.08 bits per heavy atom. The van der Waals surface area contributed by atoms with Crippen LogP contribution >= 0.6 is 0 Å². The predicted octanol–water partition coefficient (Wildman–Crippen LogP) is 5.13. The molecule has 1 aromatic heterocycles. The average Bonchev–Trinajstić information content (AvgIpc) is 2.64. The number of pyridine rings is 1. The zero-order chi connectivity index (χ0) is 18.8. The van der Waals surface area contributed by atoms with Crippen molar-refractivity contribution in [2.75, 3.05) is 0 Å². The van der Waals surface area contributed by atoms with E-state index in [1.54, 1.807) is 6.20 Å². The lowest BCUT2D eigenvalue weighted by molar-refractivity contribution is 0.0938. The third kappa shape index (κ3) is 6.29. The lowest BCUT2D eigenvalue weighted by atomic mass is 9.96. The predicted molar refractivity (Wildman–Crippen MR) is 109 cm³/mol. The summed E-state index contributed by atoms with van der Waals surface area (Å²) in [6.45, 7) is 6.47. The summed E-state index contributed by atoms with van der Waals surface area (Å²) in [5.41, 5.74) is 4.75. The number of amides is 1. The highest BCUT2D eigenvalue weighted by Crippen LogP contribution is 2.17. The van der Waals surface area contributed by atoms with E-state index in [2.05, 4.69) is 49.3 Å². The third-order valence-electron chi connectivity index (χ3n) is 4.71. The minimum absolute atomic E-state index is 0.0410. The molecule has 0 saturated carbocycles. The van der Waals surface area contributed by atoms with Crippen molar-refractivity contribution in [3.05, 3.63) is 65.0 Å². The van der Waals surface area contributed by atoms with Gasteiger partial charge in [-0.05, 0) is 73.9 Å². The van der Waals surface area contributed by atoms with Crippen LogP contribution in [0.2, 0.25) is 0 Å². The number of carbonyl (C=O) groups is 1. The van der Waals surface area contributed by atoms with E-state index in [1.807, 2.05) is 18.3 Å². The van der Waals surface area contributed by atoms with Crippen molar-refractivity contribution in [2.24, 2.45) is 0 Å². The Hall–Kier alpha value is -2.16. The number of nitrogens with one attached hydrogen (secondary N) is 1. The first-order valence-electron chi connectivity index (χ1n) is 9.95. The Balaban J connectivity index is 1.88. The molecule has 3 heteroatoms. The number of aromatic nitrogens is 1. The maximum atomic E-state index is 12.6. The van der Waals surface area contributed by atoms with Gasteiger partial charge in [-0.2, -0.15) is 0 Å². The Morgan fingerprint density at radius 3 is 2.54 bits per heavy atom. The minimum Gasteiger partial charge on any atom is -0.350 e. The van der Waals surface area contributed by atoms with Gasteiger partial charge in [0.15, 0.2) is 0 Å². The van der Waals surface area contributed by atoms with Gasteiger partial charge in [0.1, 0.15) is 0 Å². The number of nitrogens with zero attached hydrogens (tertiary/aromatic N) is 1. The van der Waals surface area contributed by atoms with Crippen molar-refractivity contribution in [1.82, 2.24) is 10.3 Å². The van der Waals surface area contributed by atoms with Gasteiger partial charge in [-0.15, -0.1) is 0 Å². The third-order valence-corrected chi connectivity index (χ3v) is 4.71. The van der Waals surface area contributed by atoms with Crippen LogP contribution in [0, 0.1) is 0 Å². The molecular weight excluding hydrogens is 320 g/mol. The molecule has 1 amide bonds. The van der Waals surface area contributed by atoms with Crippen molar-refractivity contribution < 1.29 is 4.79 Å². The van der Waals surface area contributed by atoms with Crippen LogP contribution in [0.4, 0.5) is 0 Å². The first-order valence-corrected chi connectivity index (χ1v) is 9.95. The number of carbonyl (C=O) groups excluding carboxylic acids is 1. The molecule has 26 heavy (non-hydrogen) atoms. The molecule has 0 aliphatic rings. The standard InChI is InChI=1S/C23H32N2O/c1-4-8-20-13-14-22(16-21(20)9-5-2)23(26)25-18(3)10-6-11-19-12-7-15-24-17-19/h7,12-18H,4-6,8-11H2,1-3H3,(H,25,26)/t18-/m1/s1. The van der Waals surface area contributed by atoms with Gasteiger partial charge in [0.25, 0.3) is 5.91 Å². The topological polar surface area (TPSA) is 42.0 Å². The van der Waals surface area contributed by atoms with E-state index >= 15 is 0 Å². The van der Waals surface area contributed by atoms with Gasteiger partial charge >= 0.3 is 0 Å². The van der Waals surface area contributed by atoms with Crippen molar-refractivity contribution >= 4 is 5.91 Å². The second kappa shape index (κ2) is 10.7. The van der Waals surface area contributed by atoms with Crippen molar-refractivity contribution in [2.45, 2.75) is 71.8 Å². The molecule has 0 aliphatic carbocycles. The first kappa shape index (κ1) is 20.2. The van der Waals surface area contributed by atoms with Crippen LogP contribution in [0.25, 0.3) is 0 Å². The normalized spacial score (nSPS) is 12.0. The lowest BCUT2D eigenvalue weighted by Crippen LogP contribution is -2.32. The fourth-order valence-corrected chi connectivity index (χ4v) is 3.32. The maximum absolute atomic E-state index is 12.6. The average molecular weight is 353 g/mol. The Kier molecular flexibility index (Phi) is 8.33. The molecule has 0 radical (unpaired) electrons. The second-order valence-corrected chi connectivity index (χ2v) is 7.11. The number of aryl methyl sites for hydroxylation is 3. The molecule has 0 spiro atoms. The van der Waals surface area contributed by atoms with Gasteiger partial charge < -0.3 is 5.32 Å². The molecule has 0 unspecified atom stereocenters. The SMILES string of the molecule is CCCc1ccc(C(=O)N[C@H](C)CCCc2cccnc2)cc1CCC. The molecule has 0 bridgehead atoms. The number of hydrogen-bond acceptors (Lipinski definition) is 2. The molecule has 0 aliphatic heterocycles. The summed E-state index contributed by atoms with van der Waals surface area (Å²) in [5.74, 6) is 0.0410. The fourth-order valence-electron chi connectivity index (χ4n) is 3.32. The van der Waals surface area contributed by atoms with Crippen LogP contribution in [-0.4, -0.2) is 16.9 Å². The Bertz CT molecular complexity index is 682. The van der Waals surface area contributed by atoms with E-state index in [9.17, 15) is 4.79 Å². The molecule has 2 rings (SSSR count).